The highest BCUT2D eigenvalue weighted by Gasteiger charge is 2.56. The maximum Gasteiger partial charge on any atom is 0.339 e. The molecule has 280 valence electrons. The third kappa shape index (κ3) is 13.7. The number of carbonyl (C=O) groups is 6. The molecule has 1 aliphatic rings. The molecule has 0 radical (unpaired) electrons. The number of carbonyl (C=O) groups excluding carboxylic acids is 6. The first-order valence-electron chi connectivity index (χ1n) is 16.7. The normalized spacial score (nSPS) is 20.6. The molecule has 1 heterocycles. The van der Waals surface area contributed by atoms with Crippen molar-refractivity contribution in [3.63, 3.8) is 0 Å². The van der Waals surface area contributed by atoms with Gasteiger partial charge in [-0.1, -0.05) is 43.2 Å². The molecule has 0 amide bonds. The van der Waals surface area contributed by atoms with Gasteiger partial charge in [-0.2, -0.15) is 0 Å². The Bertz CT molecular complexity index is 1290. The van der Waals surface area contributed by atoms with E-state index < -0.39 is 71.4 Å². The van der Waals surface area contributed by atoms with Crippen molar-refractivity contribution in [2.24, 2.45) is 10.8 Å². The van der Waals surface area contributed by atoms with Gasteiger partial charge in [-0.05, 0) is 58.9 Å². The second kappa shape index (κ2) is 20.0. The number of benzene rings is 1. The maximum atomic E-state index is 13.4. The average Bonchev–Trinajstić information content (AvgIpc) is 3.04. The SMILES string of the molecule is COC(=O)[C@H]1O[C@@H](OC(=O)C(C)(C)CCCCOCCCCC(C)(C)C(=O)OCc2ccccc2)[C@H](OC(C)=O)[C@@H](OC(C)=O)[C@@H]1OC(C)=O. The number of hydrogen-bond acceptors (Lipinski definition) is 14. The lowest BCUT2D eigenvalue weighted by Crippen LogP contribution is -2.64. The molecule has 0 bridgehead atoms. The Balaban J connectivity index is 1.86. The van der Waals surface area contributed by atoms with Crippen LogP contribution >= 0.6 is 0 Å². The molecule has 0 spiro atoms. The minimum atomic E-state index is -1.70. The van der Waals surface area contributed by atoms with Crippen LogP contribution in [-0.2, 0) is 73.3 Å². The van der Waals surface area contributed by atoms with E-state index in [9.17, 15) is 28.8 Å². The summed E-state index contributed by atoms with van der Waals surface area (Å²) in [6.45, 7) is 11.5. The summed E-state index contributed by atoms with van der Waals surface area (Å²) in [6, 6.07) is 9.54. The van der Waals surface area contributed by atoms with E-state index in [2.05, 4.69) is 0 Å². The Kier molecular flexibility index (Phi) is 16.8. The predicted molar refractivity (Wildman–Crippen MR) is 176 cm³/mol. The van der Waals surface area contributed by atoms with Crippen molar-refractivity contribution < 1.29 is 66.7 Å². The summed E-state index contributed by atoms with van der Waals surface area (Å²) < 4.78 is 43.2. The van der Waals surface area contributed by atoms with E-state index in [1.165, 1.54) is 0 Å². The van der Waals surface area contributed by atoms with Crippen LogP contribution in [-0.4, -0.2) is 86.8 Å². The largest absolute Gasteiger partial charge is 0.467 e. The minimum absolute atomic E-state index is 0.237. The van der Waals surface area contributed by atoms with Crippen molar-refractivity contribution in [1.29, 1.82) is 0 Å². The maximum absolute atomic E-state index is 13.4. The fourth-order valence-electron chi connectivity index (χ4n) is 5.21. The summed E-state index contributed by atoms with van der Waals surface area (Å²) in [5.41, 5.74) is -0.716. The number of methoxy groups -OCH3 is 1. The van der Waals surface area contributed by atoms with Crippen molar-refractivity contribution in [1.82, 2.24) is 0 Å². The van der Waals surface area contributed by atoms with Crippen LogP contribution < -0.4 is 0 Å². The monoisotopic (exact) mass is 708 g/mol. The number of esters is 6. The molecule has 0 aliphatic carbocycles. The molecular weight excluding hydrogens is 656 g/mol. The second-order valence-corrected chi connectivity index (χ2v) is 13.4. The van der Waals surface area contributed by atoms with Gasteiger partial charge in [-0.15, -0.1) is 0 Å². The summed E-state index contributed by atoms with van der Waals surface area (Å²) in [4.78, 5) is 74.4. The van der Waals surface area contributed by atoms with Gasteiger partial charge in [-0.3, -0.25) is 24.0 Å². The molecule has 0 aromatic heterocycles. The fourth-order valence-corrected chi connectivity index (χ4v) is 5.21. The number of ether oxygens (including phenoxy) is 8. The van der Waals surface area contributed by atoms with E-state index in [0.29, 0.717) is 38.9 Å². The Morgan fingerprint density at radius 3 is 1.68 bits per heavy atom. The van der Waals surface area contributed by atoms with E-state index in [1.807, 2.05) is 44.2 Å². The summed E-state index contributed by atoms with van der Waals surface area (Å²) in [5.74, 6) is -4.49. The molecule has 0 unspecified atom stereocenters. The molecule has 14 heteroatoms. The standard InChI is InChI=1S/C36H52O14/c1-23(37)46-27-28(47-24(2)38)30(48-25(3)39)32(49-29(27)31(40)43-8)50-34(42)36(6,7)19-13-15-21-44-20-14-12-18-35(4,5)33(41)45-22-26-16-10-9-11-17-26/h9-11,16-17,27-30,32H,12-15,18-22H2,1-8H3/t27-,28-,29-,30+,32-/m0/s1. The highest BCUT2D eigenvalue weighted by atomic mass is 16.7. The lowest BCUT2D eigenvalue weighted by atomic mass is 9.87. The third-order valence-electron chi connectivity index (χ3n) is 8.06. The van der Waals surface area contributed by atoms with E-state index in [-0.39, 0.29) is 12.6 Å². The highest BCUT2D eigenvalue weighted by molar-refractivity contribution is 5.78. The first-order valence-corrected chi connectivity index (χ1v) is 16.7. The Morgan fingerprint density at radius 1 is 0.660 bits per heavy atom. The van der Waals surface area contributed by atoms with E-state index >= 15 is 0 Å². The molecule has 0 saturated carbocycles. The van der Waals surface area contributed by atoms with Gasteiger partial charge in [0.05, 0.1) is 17.9 Å². The summed E-state index contributed by atoms with van der Waals surface area (Å²) >= 11 is 0. The van der Waals surface area contributed by atoms with Crippen molar-refractivity contribution in [2.75, 3.05) is 20.3 Å². The smallest absolute Gasteiger partial charge is 0.339 e. The zero-order valence-electron chi connectivity index (χ0n) is 30.4. The molecule has 1 aromatic rings. The van der Waals surface area contributed by atoms with Crippen LogP contribution in [0.1, 0.15) is 92.6 Å². The molecular formula is C36H52O14. The van der Waals surface area contributed by atoms with Gasteiger partial charge in [0.25, 0.3) is 0 Å². The molecule has 5 atom stereocenters. The molecule has 1 aliphatic heterocycles. The van der Waals surface area contributed by atoms with Crippen LogP contribution in [0, 0.1) is 10.8 Å². The first-order chi connectivity index (χ1) is 23.5. The Labute approximate surface area is 293 Å². The Morgan fingerprint density at radius 2 is 1.16 bits per heavy atom. The van der Waals surface area contributed by atoms with Gasteiger partial charge in [-0.25, -0.2) is 4.79 Å². The van der Waals surface area contributed by atoms with Crippen LogP contribution in [0.4, 0.5) is 0 Å². The molecule has 0 N–H and O–H groups in total. The van der Waals surface area contributed by atoms with Crippen LogP contribution in [0.3, 0.4) is 0 Å². The number of hydrogen-bond donors (Lipinski definition) is 0. The quantitative estimate of drug-likeness (QED) is 0.112. The van der Waals surface area contributed by atoms with Crippen molar-refractivity contribution in [3.05, 3.63) is 35.9 Å². The van der Waals surface area contributed by atoms with E-state index in [1.54, 1.807) is 13.8 Å². The second-order valence-electron chi connectivity index (χ2n) is 13.4. The fraction of sp³-hybridized carbons (Fsp3) is 0.667. The van der Waals surface area contributed by atoms with Gasteiger partial charge >= 0.3 is 35.8 Å². The highest BCUT2D eigenvalue weighted by Crippen LogP contribution is 2.33. The molecule has 14 nitrogen and oxygen atoms in total. The van der Waals surface area contributed by atoms with E-state index in [0.717, 1.165) is 46.3 Å². The molecule has 50 heavy (non-hydrogen) atoms. The molecule has 1 fully saturated rings. The Hall–Kier alpha value is -4.04. The number of unbranched alkanes of at least 4 members (excludes halogenated alkanes) is 2. The van der Waals surface area contributed by atoms with Gasteiger partial charge in [0, 0.05) is 34.0 Å². The van der Waals surface area contributed by atoms with Crippen molar-refractivity contribution in [2.45, 2.75) is 124 Å². The first kappa shape index (κ1) is 42.1. The predicted octanol–water partition coefficient (Wildman–Crippen LogP) is 4.38. The zero-order valence-corrected chi connectivity index (χ0v) is 30.4. The van der Waals surface area contributed by atoms with Crippen LogP contribution in [0.15, 0.2) is 30.3 Å². The average molecular weight is 709 g/mol. The third-order valence-corrected chi connectivity index (χ3v) is 8.06. The minimum Gasteiger partial charge on any atom is -0.467 e. The van der Waals surface area contributed by atoms with Crippen LogP contribution in [0.5, 0.6) is 0 Å². The van der Waals surface area contributed by atoms with Crippen LogP contribution in [0.2, 0.25) is 0 Å². The number of rotatable bonds is 19. The van der Waals surface area contributed by atoms with Crippen LogP contribution in [0.25, 0.3) is 0 Å². The molecule has 1 saturated heterocycles. The van der Waals surface area contributed by atoms with Gasteiger partial charge in [0.15, 0.2) is 18.3 Å². The summed E-state index contributed by atoms with van der Waals surface area (Å²) in [7, 11) is 1.07. The summed E-state index contributed by atoms with van der Waals surface area (Å²) in [6.07, 6.45) is -4.18. The lowest BCUT2D eigenvalue weighted by molar-refractivity contribution is -0.296. The zero-order chi connectivity index (χ0) is 37.5. The summed E-state index contributed by atoms with van der Waals surface area (Å²) in [5, 5.41) is 0. The van der Waals surface area contributed by atoms with E-state index in [4.69, 9.17) is 37.9 Å². The van der Waals surface area contributed by atoms with Crippen molar-refractivity contribution >= 4 is 35.8 Å². The van der Waals surface area contributed by atoms with Crippen molar-refractivity contribution in [3.8, 4) is 0 Å². The van der Waals surface area contributed by atoms with Gasteiger partial charge in [0.1, 0.15) is 6.61 Å². The molecule has 2 rings (SSSR count). The topological polar surface area (TPSA) is 176 Å². The lowest BCUT2D eigenvalue weighted by Gasteiger charge is -2.43. The van der Waals surface area contributed by atoms with Gasteiger partial charge in [0.2, 0.25) is 12.4 Å². The van der Waals surface area contributed by atoms with Gasteiger partial charge < -0.3 is 37.9 Å². The molecule has 1 aromatic carbocycles.